The lowest BCUT2D eigenvalue weighted by Crippen LogP contribution is -2.56. The highest BCUT2D eigenvalue weighted by atomic mass is 32.1. The van der Waals surface area contributed by atoms with Crippen molar-refractivity contribution in [2.75, 3.05) is 26.2 Å². The Morgan fingerprint density at radius 1 is 1.00 bits per heavy atom. The summed E-state index contributed by atoms with van der Waals surface area (Å²) < 4.78 is 5.90. The van der Waals surface area contributed by atoms with Crippen molar-refractivity contribution in [3.05, 3.63) is 46.4 Å². The van der Waals surface area contributed by atoms with E-state index in [9.17, 15) is 9.59 Å². The molecule has 2 saturated heterocycles. The molecule has 3 heterocycles. The zero-order chi connectivity index (χ0) is 23.4. The van der Waals surface area contributed by atoms with Crippen LogP contribution >= 0.6 is 11.3 Å². The quantitative estimate of drug-likeness (QED) is 0.652. The monoisotopic (exact) mass is 467 g/mol. The van der Waals surface area contributed by atoms with E-state index in [1.807, 2.05) is 40.6 Å². The molecule has 0 radical (unpaired) electrons. The Morgan fingerprint density at radius 3 is 2.24 bits per heavy atom. The van der Waals surface area contributed by atoms with Crippen molar-refractivity contribution in [3.63, 3.8) is 0 Å². The van der Waals surface area contributed by atoms with Gasteiger partial charge in [-0.1, -0.05) is 45.9 Å². The van der Waals surface area contributed by atoms with Gasteiger partial charge in [0.05, 0.1) is 18.1 Å². The molecule has 3 aliphatic rings. The van der Waals surface area contributed by atoms with Crippen molar-refractivity contribution < 1.29 is 14.3 Å². The van der Waals surface area contributed by atoms with E-state index >= 15 is 0 Å². The van der Waals surface area contributed by atoms with Crippen LogP contribution in [0.1, 0.15) is 62.0 Å². The second kappa shape index (κ2) is 8.12. The molecule has 0 spiro atoms. The van der Waals surface area contributed by atoms with Gasteiger partial charge in [0.25, 0.3) is 5.91 Å². The van der Waals surface area contributed by atoms with Crippen molar-refractivity contribution in [1.82, 2.24) is 14.8 Å². The van der Waals surface area contributed by atoms with Gasteiger partial charge in [0.15, 0.2) is 0 Å². The number of nitrogens with zero attached hydrogens (tertiary/aromatic N) is 3. The molecule has 1 aromatic heterocycles. The number of hydrogen-bond acceptors (Lipinski definition) is 5. The SMILES string of the molecule is CC1(C)C(C(=O)N2CCC(c3nc(C(=O)N4CC(Oc5ccccc5)C4)cs3)CC2)C1(C)C. The van der Waals surface area contributed by atoms with Crippen molar-refractivity contribution in [3.8, 4) is 5.75 Å². The largest absolute Gasteiger partial charge is 0.487 e. The Labute approximate surface area is 199 Å². The summed E-state index contributed by atoms with van der Waals surface area (Å²) in [5, 5.41) is 2.91. The van der Waals surface area contributed by atoms with Gasteiger partial charge in [-0.05, 0) is 35.8 Å². The zero-order valence-corrected chi connectivity index (χ0v) is 20.7. The van der Waals surface area contributed by atoms with Crippen LogP contribution in [-0.4, -0.2) is 58.9 Å². The molecule has 3 fully saturated rings. The molecule has 6 nitrogen and oxygen atoms in total. The van der Waals surface area contributed by atoms with E-state index in [0.717, 1.165) is 36.7 Å². The smallest absolute Gasteiger partial charge is 0.273 e. The van der Waals surface area contributed by atoms with Crippen LogP contribution in [0.3, 0.4) is 0 Å². The summed E-state index contributed by atoms with van der Waals surface area (Å²) in [4.78, 5) is 34.4. The number of thiazole rings is 1. The van der Waals surface area contributed by atoms with Crippen LogP contribution in [0.5, 0.6) is 5.75 Å². The summed E-state index contributed by atoms with van der Waals surface area (Å²) in [5.74, 6) is 1.58. The van der Waals surface area contributed by atoms with E-state index in [0.29, 0.717) is 30.6 Å². The first-order valence-electron chi connectivity index (χ1n) is 11.9. The second-order valence-corrected chi connectivity index (χ2v) is 11.7. The second-order valence-electron chi connectivity index (χ2n) is 10.8. The minimum atomic E-state index is -0.0174. The molecule has 0 atom stereocenters. The summed E-state index contributed by atoms with van der Waals surface area (Å²) in [6, 6.07) is 9.72. The maximum Gasteiger partial charge on any atom is 0.273 e. The van der Waals surface area contributed by atoms with Crippen LogP contribution in [0.2, 0.25) is 0 Å². The molecule has 1 aromatic carbocycles. The van der Waals surface area contributed by atoms with Crippen LogP contribution in [-0.2, 0) is 4.79 Å². The van der Waals surface area contributed by atoms with E-state index in [-0.39, 0.29) is 28.8 Å². The Bertz CT molecular complexity index is 1020. The average molecular weight is 468 g/mol. The van der Waals surface area contributed by atoms with Gasteiger partial charge in [-0.15, -0.1) is 11.3 Å². The topological polar surface area (TPSA) is 62.7 Å². The molecule has 2 amide bonds. The Hall–Kier alpha value is -2.41. The molecular formula is C26H33N3O3S. The van der Waals surface area contributed by atoms with Gasteiger partial charge in [0.1, 0.15) is 17.5 Å². The van der Waals surface area contributed by atoms with Gasteiger partial charge >= 0.3 is 0 Å². The number of likely N-dealkylation sites (tertiary alicyclic amines) is 2. The Morgan fingerprint density at radius 2 is 1.64 bits per heavy atom. The van der Waals surface area contributed by atoms with E-state index in [2.05, 4.69) is 27.7 Å². The van der Waals surface area contributed by atoms with Crippen LogP contribution in [0, 0.1) is 16.7 Å². The number of benzene rings is 1. The van der Waals surface area contributed by atoms with Crippen LogP contribution in [0.4, 0.5) is 0 Å². The first kappa shape index (κ1) is 22.4. The van der Waals surface area contributed by atoms with Gasteiger partial charge in [-0.3, -0.25) is 9.59 Å². The summed E-state index contributed by atoms with van der Waals surface area (Å²) in [7, 11) is 0. The number of amides is 2. The molecule has 1 aliphatic carbocycles. The third kappa shape index (κ3) is 3.94. The third-order valence-corrected chi connectivity index (χ3v) is 9.35. The molecule has 33 heavy (non-hydrogen) atoms. The fourth-order valence-corrected chi connectivity index (χ4v) is 6.41. The number of rotatable bonds is 5. The summed E-state index contributed by atoms with van der Waals surface area (Å²) in [6.45, 7) is 11.5. The predicted molar refractivity (Wildman–Crippen MR) is 128 cm³/mol. The lowest BCUT2D eigenvalue weighted by Gasteiger charge is -2.38. The van der Waals surface area contributed by atoms with Gasteiger partial charge in [-0.25, -0.2) is 4.98 Å². The highest BCUT2D eigenvalue weighted by Gasteiger charge is 2.68. The van der Waals surface area contributed by atoms with Crippen molar-refractivity contribution in [2.45, 2.75) is 52.6 Å². The predicted octanol–water partition coefficient (Wildman–Crippen LogP) is 4.43. The maximum absolute atomic E-state index is 13.0. The van der Waals surface area contributed by atoms with E-state index in [4.69, 9.17) is 9.72 Å². The molecule has 0 bridgehead atoms. The van der Waals surface area contributed by atoms with Crippen LogP contribution in [0.25, 0.3) is 0 Å². The molecule has 7 heteroatoms. The van der Waals surface area contributed by atoms with Crippen molar-refractivity contribution in [1.29, 1.82) is 0 Å². The first-order valence-corrected chi connectivity index (χ1v) is 12.8. The average Bonchev–Trinajstić information content (AvgIpc) is 3.10. The lowest BCUT2D eigenvalue weighted by atomic mass is 9.96. The number of piperidine rings is 1. The number of aromatic nitrogens is 1. The van der Waals surface area contributed by atoms with Gasteiger partial charge in [-0.2, -0.15) is 0 Å². The Kier molecular flexibility index (Phi) is 5.51. The lowest BCUT2D eigenvalue weighted by molar-refractivity contribution is -0.134. The number of carbonyl (C=O) groups excluding carboxylic acids is 2. The van der Waals surface area contributed by atoms with Gasteiger partial charge in [0, 0.05) is 30.3 Å². The molecule has 0 unspecified atom stereocenters. The molecule has 2 aromatic rings. The number of para-hydroxylation sites is 1. The highest BCUT2D eigenvalue weighted by Crippen LogP contribution is 2.68. The van der Waals surface area contributed by atoms with E-state index in [1.165, 1.54) is 0 Å². The van der Waals surface area contributed by atoms with Gasteiger partial charge < -0.3 is 14.5 Å². The molecule has 2 aliphatic heterocycles. The standard InChI is InChI=1S/C26H33N3O3S/c1-25(2)21(26(25,3)4)24(31)28-12-10-17(11-13-28)22-27-20(16-33-22)23(30)29-14-19(15-29)32-18-8-6-5-7-9-18/h5-9,16-17,19,21H,10-15H2,1-4H3. The maximum atomic E-state index is 13.0. The summed E-state index contributed by atoms with van der Waals surface area (Å²) >= 11 is 1.57. The van der Waals surface area contributed by atoms with Gasteiger partial charge in [0.2, 0.25) is 5.91 Å². The molecule has 5 rings (SSSR count). The number of hydrogen-bond donors (Lipinski definition) is 0. The zero-order valence-electron chi connectivity index (χ0n) is 19.9. The Balaban J connectivity index is 1.11. The normalized spacial score (nSPS) is 22.7. The number of carbonyl (C=O) groups is 2. The summed E-state index contributed by atoms with van der Waals surface area (Å²) in [6.07, 6.45) is 1.87. The fraction of sp³-hybridized carbons (Fsp3) is 0.577. The van der Waals surface area contributed by atoms with Crippen molar-refractivity contribution in [2.24, 2.45) is 16.7 Å². The summed E-state index contributed by atoms with van der Waals surface area (Å²) in [5.41, 5.74) is 0.689. The van der Waals surface area contributed by atoms with Crippen molar-refractivity contribution >= 4 is 23.2 Å². The van der Waals surface area contributed by atoms with E-state index < -0.39 is 0 Å². The minimum absolute atomic E-state index is 0.0174. The first-order chi connectivity index (χ1) is 15.7. The van der Waals surface area contributed by atoms with Crippen LogP contribution < -0.4 is 4.74 Å². The molecule has 176 valence electrons. The molecule has 1 saturated carbocycles. The highest BCUT2D eigenvalue weighted by molar-refractivity contribution is 7.09. The third-order valence-electron chi connectivity index (χ3n) is 8.35. The van der Waals surface area contributed by atoms with E-state index in [1.54, 1.807) is 16.2 Å². The fourth-order valence-electron chi connectivity index (χ4n) is 5.45. The van der Waals surface area contributed by atoms with Crippen LogP contribution in [0.15, 0.2) is 35.7 Å². The molecular weight excluding hydrogens is 434 g/mol. The minimum Gasteiger partial charge on any atom is -0.487 e. The molecule has 0 N–H and O–H groups in total. The number of ether oxygens (including phenoxy) is 1.